The Labute approximate surface area is 80.2 Å². The fourth-order valence-electron chi connectivity index (χ4n) is 1.65. The molecule has 0 aromatic carbocycles. The van der Waals surface area contributed by atoms with Gasteiger partial charge in [-0.25, -0.2) is 29.0 Å². The normalized spacial score (nSPS) is 24.1. The highest BCUT2D eigenvalue weighted by Crippen LogP contribution is 2.78. The summed E-state index contributed by atoms with van der Waals surface area (Å²) in [5.41, 5.74) is -2.33. The number of imide groups is 2. The van der Waals surface area contributed by atoms with Gasteiger partial charge in [-0.2, -0.15) is 0 Å². The lowest BCUT2D eigenvalue weighted by molar-refractivity contribution is 0.197. The van der Waals surface area contributed by atoms with Gasteiger partial charge in [0.2, 0.25) is 0 Å². The van der Waals surface area contributed by atoms with Gasteiger partial charge in [0.1, 0.15) is 0 Å². The Morgan fingerprint density at radius 3 is 1.79 bits per heavy atom. The van der Waals surface area contributed by atoms with Crippen LogP contribution in [0.4, 0.5) is 19.2 Å². The predicted molar refractivity (Wildman–Crippen MR) is 48.6 cm³/mol. The van der Waals surface area contributed by atoms with E-state index in [-0.39, 0.29) is 6.54 Å². The lowest BCUT2D eigenvalue weighted by atomic mass is 10.7. The topological polar surface area (TPSA) is 74.8 Å². The van der Waals surface area contributed by atoms with E-state index in [1.54, 1.807) is 6.92 Å². The monoisotopic (exact) mass is 215 g/mol. The van der Waals surface area contributed by atoms with Crippen molar-refractivity contribution >= 4 is 29.9 Å². The Morgan fingerprint density at radius 1 is 1.00 bits per heavy atom. The van der Waals surface area contributed by atoms with Crippen molar-refractivity contribution in [3.8, 4) is 0 Å². The number of hydrogen-bond donors (Lipinski definition) is 0. The molecule has 0 radical (unpaired) electrons. The minimum atomic E-state index is -3.24. The highest BCUT2D eigenvalue weighted by atomic mass is 31.2. The molecule has 0 aromatic heterocycles. The Morgan fingerprint density at radius 2 is 1.43 bits per heavy atom. The Balaban J connectivity index is 2.39. The van der Waals surface area contributed by atoms with E-state index in [9.17, 15) is 19.2 Å². The molecule has 2 rings (SSSR count). The number of carbonyl (C=O) groups excluding carboxylic acids is 4. The summed E-state index contributed by atoms with van der Waals surface area (Å²) in [6.45, 7) is 1.85. The van der Waals surface area contributed by atoms with E-state index in [1.807, 2.05) is 0 Å². The van der Waals surface area contributed by atoms with Crippen LogP contribution in [0.1, 0.15) is 6.92 Å². The molecule has 7 heteroatoms. The van der Waals surface area contributed by atoms with E-state index in [0.29, 0.717) is 0 Å². The van der Waals surface area contributed by atoms with Crippen molar-refractivity contribution in [2.45, 2.75) is 6.92 Å². The second-order valence-corrected chi connectivity index (χ2v) is 5.98. The van der Waals surface area contributed by atoms with Crippen molar-refractivity contribution in [3.63, 3.8) is 0 Å². The van der Waals surface area contributed by atoms with E-state index in [4.69, 9.17) is 0 Å². The van der Waals surface area contributed by atoms with Gasteiger partial charge in [-0.05, 0) is 6.92 Å². The van der Waals surface area contributed by atoms with Crippen LogP contribution in [0.3, 0.4) is 0 Å². The first kappa shape index (κ1) is 9.27. The zero-order valence-electron chi connectivity index (χ0n) is 7.68. The van der Waals surface area contributed by atoms with Crippen LogP contribution in [0.25, 0.3) is 0 Å². The standard InChI is InChI=1S/C7H8N2O4P/c1-3-9-6(12)14(7(9)13)4(10)8(2)5(14)11/h3H2,1-2H3/q+1. The highest BCUT2D eigenvalue weighted by molar-refractivity contribution is 8.30. The van der Waals surface area contributed by atoms with Crippen molar-refractivity contribution in [1.29, 1.82) is 0 Å². The van der Waals surface area contributed by atoms with Crippen LogP contribution in [0.15, 0.2) is 0 Å². The summed E-state index contributed by atoms with van der Waals surface area (Å²) in [5, 5.41) is 0. The Kier molecular flexibility index (Phi) is 1.58. The van der Waals surface area contributed by atoms with Gasteiger partial charge >= 0.3 is 29.9 Å². The summed E-state index contributed by atoms with van der Waals surface area (Å²) in [7, 11) is -1.96. The van der Waals surface area contributed by atoms with Gasteiger partial charge in [-0.15, -0.1) is 0 Å². The maximum atomic E-state index is 11.5. The summed E-state index contributed by atoms with van der Waals surface area (Å²) in [6.07, 6.45) is 0. The largest absolute Gasteiger partial charge is 0.403 e. The molecule has 14 heavy (non-hydrogen) atoms. The molecule has 6 nitrogen and oxygen atoms in total. The minimum absolute atomic E-state index is 0.226. The number of hydrogen-bond acceptors (Lipinski definition) is 4. The average molecular weight is 215 g/mol. The van der Waals surface area contributed by atoms with Gasteiger partial charge in [0, 0.05) is 13.6 Å². The maximum absolute atomic E-state index is 11.5. The highest BCUT2D eigenvalue weighted by Gasteiger charge is 2.90. The molecule has 0 saturated carbocycles. The van der Waals surface area contributed by atoms with Gasteiger partial charge in [0.25, 0.3) is 0 Å². The first-order chi connectivity index (χ1) is 6.49. The molecule has 2 fully saturated rings. The molecule has 0 aliphatic carbocycles. The van der Waals surface area contributed by atoms with Gasteiger partial charge in [0.15, 0.2) is 0 Å². The van der Waals surface area contributed by atoms with Crippen LogP contribution in [0, 0.1) is 0 Å². The first-order valence-corrected chi connectivity index (χ1v) is 5.86. The van der Waals surface area contributed by atoms with Crippen LogP contribution in [-0.2, 0) is 0 Å². The van der Waals surface area contributed by atoms with Gasteiger partial charge in [-0.1, -0.05) is 0 Å². The number of carbonyl (C=O) groups is 4. The Bertz CT molecular complexity index is 357. The summed E-state index contributed by atoms with van der Waals surface area (Å²) >= 11 is 0. The third kappa shape index (κ3) is 0.609. The molecule has 1 spiro atoms. The lowest BCUT2D eigenvalue weighted by Crippen LogP contribution is -2.64. The molecule has 2 aliphatic rings. The predicted octanol–water partition coefficient (Wildman–Crippen LogP) is 1.76. The third-order valence-electron chi connectivity index (χ3n) is 2.50. The smallest absolute Gasteiger partial charge is 0.224 e. The number of rotatable bonds is 1. The average Bonchev–Trinajstić information content (AvgIpc) is 2.18. The van der Waals surface area contributed by atoms with Crippen LogP contribution in [0.5, 0.6) is 0 Å². The van der Waals surface area contributed by atoms with Crippen LogP contribution in [0.2, 0.25) is 0 Å². The molecule has 0 unspecified atom stereocenters. The molecule has 2 heterocycles. The number of amides is 4. The fourth-order valence-corrected chi connectivity index (χ4v) is 4.61. The third-order valence-corrected chi connectivity index (χ3v) is 5.88. The van der Waals surface area contributed by atoms with Crippen molar-refractivity contribution in [2.24, 2.45) is 0 Å². The summed E-state index contributed by atoms with van der Waals surface area (Å²) in [4.78, 5) is 47.4. The van der Waals surface area contributed by atoms with Gasteiger partial charge < -0.3 is 0 Å². The molecular weight excluding hydrogens is 207 g/mol. The fraction of sp³-hybridized carbons (Fsp3) is 0.429. The van der Waals surface area contributed by atoms with Crippen molar-refractivity contribution in [2.75, 3.05) is 13.6 Å². The molecule has 0 aromatic rings. The van der Waals surface area contributed by atoms with E-state index in [0.717, 1.165) is 9.80 Å². The molecule has 0 bridgehead atoms. The van der Waals surface area contributed by atoms with Gasteiger partial charge in [0.05, 0.1) is 0 Å². The van der Waals surface area contributed by atoms with E-state index >= 15 is 0 Å². The molecule has 2 aliphatic heterocycles. The van der Waals surface area contributed by atoms with Crippen LogP contribution in [-0.4, -0.2) is 46.0 Å². The molecule has 0 atom stereocenters. The summed E-state index contributed by atoms with van der Waals surface area (Å²) in [5.74, 6) is 0. The van der Waals surface area contributed by atoms with E-state index in [1.165, 1.54) is 7.05 Å². The summed E-state index contributed by atoms with van der Waals surface area (Å²) in [6, 6.07) is 0. The van der Waals surface area contributed by atoms with Crippen LogP contribution >= 0.6 is 7.26 Å². The molecule has 4 amide bonds. The second kappa shape index (κ2) is 2.39. The second-order valence-electron chi connectivity index (χ2n) is 3.10. The minimum Gasteiger partial charge on any atom is -0.224 e. The van der Waals surface area contributed by atoms with Crippen LogP contribution < -0.4 is 0 Å². The zero-order chi connectivity index (χ0) is 10.7. The van der Waals surface area contributed by atoms with E-state index < -0.39 is 29.9 Å². The molecular formula is C7H8N2O4P+. The van der Waals surface area contributed by atoms with Crippen molar-refractivity contribution in [3.05, 3.63) is 0 Å². The molecule has 2 saturated heterocycles. The zero-order valence-corrected chi connectivity index (χ0v) is 8.58. The maximum Gasteiger partial charge on any atom is 0.403 e. The molecule has 0 N–H and O–H groups in total. The Hall–Kier alpha value is -1.29. The van der Waals surface area contributed by atoms with Crippen molar-refractivity contribution < 1.29 is 19.2 Å². The number of nitrogens with zero attached hydrogens (tertiary/aromatic N) is 2. The van der Waals surface area contributed by atoms with E-state index in [2.05, 4.69) is 0 Å². The van der Waals surface area contributed by atoms with Crippen molar-refractivity contribution in [1.82, 2.24) is 9.80 Å². The first-order valence-electron chi connectivity index (χ1n) is 4.08. The lowest BCUT2D eigenvalue weighted by Gasteiger charge is -2.41. The quantitative estimate of drug-likeness (QED) is 0.624. The van der Waals surface area contributed by atoms with Gasteiger partial charge in [-0.3, -0.25) is 0 Å². The molecule has 74 valence electrons. The SMILES string of the molecule is CCN1C(=O)[P+]2(C(=O)N(C)C2=O)C1=O. The summed E-state index contributed by atoms with van der Waals surface area (Å²) < 4.78 is 0.